The maximum atomic E-state index is 12.9. The Bertz CT molecular complexity index is 589. The van der Waals surface area contributed by atoms with Crippen LogP contribution in [-0.2, 0) is 0 Å². The van der Waals surface area contributed by atoms with Gasteiger partial charge in [0.1, 0.15) is 5.75 Å². The fourth-order valence-corrected chi connectivity index (χ4v) is 2.37. The summed E-state index contributed by atoms with van der Waals surface area (Å²) in [5.41, 5.74) is 0.236. The van der Waals surface area contributed by atoms with Crippen LogP contribution in [0.3, 0.4) is 0 Å². The van der Waals surface area contributed by atoms with E-state index in [1.54, 1.807) is 0 Å². The van der Waals surface area contributed by atoms with Crippen molar-refractivity contribution in [2.45, 2.75) is 18.1 Å². The maximum absolute atomic E-state index is 12.9. The minimum Gasteiger partial charge on any atom is -0.506 e. The summed E-state index contributed by atoms with van der Waals surface area (Å²) in [7, 11) is 0. The molecule has 0 aliphatic carbocycles. The zero-order valence-corrected chi connectivity index (χ0v) is 13.2. The largest absolute Gasteiger partial charge is 0.506 e. The van der Waals surface area contributed by atoms with Gasteiger partial charge in [-0.25, -0.2) is 5.43 Å². The van der Waals surface area contributed by atoms with Crippen molar-refractivity contribution in [2.75, 3.05) is 0 Å². The molecule has 0 aliphatic heterocycles. The van der Waals surface area contributed by atoms with Crippen molar-refractivity contribution in [1.29, 1.82) is 0 Å². The summed E-state index contributed by atoms with van der Waals surface area (Å²) in [5.74, 6) is -6.79. The number of nitrogens with zero attached hydrogens (tertiary/aromatic N) is 1. The Hall–Kier alpha value is -1.04. The van der Waals surface area contributed by atoms with Crippen LogP contribution in [0.1, 0.15) is 5.56 Å². The molecule has 0 aliphatic rings. The third kappa shape index (κ3) is 3.83. The lowest BCUT2D eigenvalue weighted by Crippen LogP contribution is -2.58. The Kier molecular flexibility index (Phi) is 5.38. The van der Waals surface area contributed by atoms with E-state index in [1.807, 2.05) is 0 Å². The van der Waals surface area contributed by atoms with Crippen molar-refractivity contribution in [3.8, 4) is 5.75 Å². The van der Waals surface area contributed by atoms with Crippen molar-refractivity contribution in [2.24, 2.45) is 5.10 Å². The number of phenols is 1. The third-order valence-electron chi connectivity index (χ3n) is 2.22. The second-order valence-electron chi connectivity index (χ2n) is 3.84. The molecule has 12 heteroatoms. The van der Waals surface area contributed by atoms with E-state index in [0.29, 0.717) is 16.1 Å². The van der Waals surface area contributed by atoms with E-state index in [4.69, 9.17) is 0 Å². The number of nitrogens with one attached hydrogen (secondary N) is 1. The number of benzene rings is 1. The van der Waals surface area contributed by atoms with E-state index in [-0.39, 0.29) is 10.0 Å². The molecular formula is C10H5Br2F7N2O. The van der Waals surface area contributed by atoms with E-state index >= 15 is 0 Å². The molecule has 0 aromatic heterocycles. The highest BCUT2D eigenvalue weighted by Crippen LogP contribution is 2.45. The zero-order chi connectivity index (χ0) is 17.3. The van der Waals surface area contributed by atoms with Gasteiger partial charge in [0.05, 0.1) is 10.7 Å². The number of halogens is 9. The van der Waals surface area contributed by atoms with Gasteiger partial charge < -0.3 is 5.11 Å². The summed E-state index contributed by atoms with van der Waals surface area (Å²) in [6.07, 6.45) is -5.99. The Balaban J connectivity index is 2.99. The van der Waals surface area contributed by atoms with Gasteiger partial charge in [-0.2, -0.15) is 35.8 Å². The molecule has 124 valence electrons. The molecule has 1 aromatic rings. The van der Waals surface area contributed by atoms with E-state index in [1.165, 1.54) is 12.1 Å². The monoisotopic (exact) mass is 460 g/mol. The molecule has 22 heavy (non-hydrogen) atoms. The number of aromatic hydroxyl groups is 1. The Morgan fingerprint density at radius 1 is 1.05 bits per heavy atom. The van der Waals surface area contributed by atoms with Crippen LogP contribution in [0.15, 0.2) is 26.2 Å². The van der Waals surface area contributed by atoms with E-state index in [0.717, 1.165) is 0 Å². The van der Waals surface area contributed by atoms with Gasteiger partial charge >= 0.3 is 18.1 Å². The molecule has 0 amide bonds. The quantitative estimate of drug-likeness (QED) is 0.297. The summed E-state index contributed by atoms with van der Waals surface area (Å²) in [5, 5.41) is 12.2. The van der Waals surface area contributed by atoms with Gasteiger partial charge in [0.15, 0.2) is 0 Å². The first-order chi connectivity index (χ1) is 9.79. The summed E-state index contributed by atoms with van der Waals surface area (Å²) >= 11 is 5.90. The number of hydrogen-bond acceptors (Lipinski definition) is 3. The third-order valence-corrected chi connectivity index (χ3v) is 3.28. The summed E-state index contributed by atoms with van der Waals surface area (Å²) < 4.78 is 87.0. The van der Waals surface area contributed by atoms with Crippen LogP contribution in [0.25, 0.3) is 0 Å². The minimum atomic E-state index is -6.46. The molecular weight excluding hydrogens is 457 g/mol. The molecule has 0 heterocycles. The highest BCUT2D eigenvalue weighted by atomic mass is 79.9. The Labute approximate surface area is 135 Å². The fraction of sp³-hybridized carbons (Fsp3) is 0.300. The van der Waals surface area contributed by atoms with Crippen LogP contribution < -0.4 is 5.43 Å². The summed E-state index contributed by atoms with van der Waals surface area (Å²) in [6.45, 7) is 0. The molecule has 0 spiro atoms. The van der Waals surface area contributed by atoms with E-state index in [9.17, 15) is 35.8 Å². The first kappa shape index (κ1) is 19.0. The van der Waals surface area contributed by atoms with Gasteiger partial charge in [-0.05, 0) is 28.1 Å². The van der Waals surface area contributed by atoms with Crippen molar-refractivity contribution < 1.29 is 35.8 Å². The Morgan fingerprint density at radius 3 is 2.09 bits per heavy atom. The highest BCUT2D eigenvalue weighted by molar-refractivity contribution is 9.11. The topological polar surface area (TPSA) is 44.6 Å². The molecule has 0 fully saturated rings. The van der Waals surface area contributed by atoms with Gasteiger partial charge in [-0.3, -0.25) is 0 Å². The van der Waals surface area contributed by atoms with Crippen LogP contribution in [0.2, 0.25) is 0 Å². The van der Waals surface area contributed by atoms with E-state index in [2.05, 4.69) is 37.0 Å². The number of alkyl halides is 7. The smallest absolute Gasteiger partial charge is 0.462 e. The molecule has 1 rings (SSSR count). The molecule has 0 bridgehead atoms. The molecule has 0 saturated carbocycles. The molecule has 1 aromatic carbocycles. The zero-order valence-electron chi connectivity index (χ0n) is 10.0. The summed E-state index contributed by atoms with van der Waals surface area (Å²) in [6, 6.07) is -3.11. The predicted octanol–water partition coefficient (Wildman–Crippen LogP) is 4.63. The van der Waals surface area contributed by atoms with Crippen molar-refractivity contribution >= 4 is 38.1 Å². The van der Waals surface area contributed by atoms with Gasteiger partial charge in [0.2, 0.25) is 0 Å². The Morgan fingerprint density at radius 2 is 1.59 bits per heavy atom. The SMILES string of the molecule is Oc1c(Br)cc(Br)cc1/C=N/NC(F)(F)C(F)(F)C(F)(F)F. The predicted molar refractivity (Wildman–Crippen MR) is 70.2 cm³/mol. The van der Waals surface area contributed by atoms with Crippen LogP contribution in [-0.4, -0.2) is 29.5 Å². The normalized spacial score (nSPS) is 13.7. The van der Waals surface area contributed by atoms with Gasteiger partial charge in [0, 0.05) is 10.0 Å². The van der Waals surface area contributed by atoms with Gasteiger partial charge in [0.25, 0.3) is 0 Å². The molecule has 0 saturated heterocycles. The molecule has 0 unspecified atom stereocenters. The molecule has 3 nitrogen and oxygen atoms in total. The fourth-order valence-electron chi connectivity index (χ4n) is 1.12. The average molecular weight is 462 g/mol. The highest BCUT2D eigenvalue weighted by Gasteiger charge is 2.73. The van der Waals surface area contributed by atoms with E-state index < -0.39 is 23.9 Å². The lowest BCUT2D eigenvalue weighted by molar-refractivity contribution is -0.361. The number of hydrazone groups is 1. The molecule has 0 radical (unpaired) electrons. The van der Waals surface area contributed by atoms with Crippen molar-refractivity contribution in [1.82, 2.24) is 5.43 Å². The number of phenolic OH excluding ortho intramolecular Hbond substituents is 1. The lowest BCUT2D eigenvalue weighted by atomic mass is 10.2. The second kappa shape index (κ2) is 6.22. The number of rotatable bonds is 4. The van der Waals surface area contributed by atoms with Crippen LogP contribution in [0.4, 0.5) is 30.7 Å². The van der Waals surface area contributed by atoms with Gasteiger partial charge in [-0.1, -0.05) is 15.9 Å². The summed E-state index contributed by atoms with van der Waals surface area (Å²) in [4.78, 5) is 0. The lowest BCUT2D eigenvalue weighted by Gasteiger charge is -2.27. The minimum absolute atomic E-state index is 0.121. The van der Waals surface area contributed by atoms with Gasteiger partial charge in [-0.15, -0.1) is 0 Å². The van der Waals surface area contributed by atoms with Crippen molar-refractivity contribution in [3.63, 3.8) is 0 Å². The maximum Gasteiger partial charge on any atom is 0.462 e. The number of hydrogen-bond donors (Lipinski definition) is 2. The second-order valence-corrected chi connectivity index (χ2v) is 5.61. The average Bonchev–Trinajstić information content (AvgIpc) is 2.33. The van der Waals surface area contributed by atoms with Crippen LogP contribution >= 0.6 is 31.9 Å². The first-order valence-corrected chi connectivity index (χ1v) is 6.69. The molecule has 2 N–H and O–H groups in total. The molecule has 0 atom stereocenters. The van der Waals surface area contributed by atoms with Crippen LogP contribution in [0.5, 0.6) is 5.75 Å². The van der Waals surface area contributed by atoms with Crippen LogP contribution in [0, 0.1) is 0 Å². The first-order valence-electron chi connectivity index (χ1n) is 5.10. The van der Waals surface area contributed by atoms with Crippen molar-refractivity contribution in [3.05, 3.63) is 26.6 Å². The standard InChI is InChI=1S/C10H5Br2F7N2O/c11-5-1-4(7(22)6(12)2-5)3-20-21-10(18,19)8(13,14)9(15,16)17/h1-3,21-22H/b20-3+.